The van der Waals surface area contributed by atoms with E-state index in [-0.39, 0.29) is 32.1 Å². The second kappa shape index (κ2) is 13.1. The smallest absolute Gasteiger partial charge is 0.451 e. The number of nitrogens with zero attached hydrogens (tertiary/aromatic N) is 1. The number of carboxylic acid groups (broad SMARTS) is 2. The number of aliphatic carboxylic acids is 2. The van der Waals surface area contributed by atoms with Crippen molar-refractivity contribution in [1.29, 1.82) is 0 Å². The molecule has 1 unspecified atom stereocenters. The summed E-state index contributed by atoms with van der Waals surface area (Å²) in [5, 5.41) is 42.7. The van der Waals surface area contributed by atoms with Gasteiger partial charge in [0, 0.05) is 13.0 Å². The molecule has 0 aromatic heterocycles. The summed E-state index contributed by atoms with van der Waals surface area (Å²) in [6.45, 7) is 9.07. The minimum atomic E-state index is -2.00. The van der Waals surface area contributed by atoms with Gasteiger partial charge in [0.15, 0.2) is 5.54 Å². The van der Waals surface area contributed by atoms with Crippen LogP contribution in [0, 0.1) is 5.92 Å². The number of likely N-dealkylation sites (tertiary alicyclic amines) is 1. The molecule has 0 spiro atoms. The van der Waals surface area contributed by atoms with Crippen LogP contribution in [0.4, 0.5) is 9.59 Å². The van der Waals surface area contributed by atoms with Gasteiger partial charge >= 0.3 is 31.2 Å². The molecule has 1 fully saturated rings. The first-order valence-corrected chi connectivity index (χ1v) is 12.3. The Kier molecular flexibility index (Phi) is 11.4. The number of ether oxygens (including phenoxy) is 2. The van der Waals surface area contributed by atoms with Crippen LogP contribution in [0.5, 0.6) is 0 Å². The normalized spacial score (nSPS) is 20.6. The monoisotopic (exact) mass is 545 g/mol. The van der Waals surface area contributed by atoms with Crippen molar-refractivity contribution in [3.05, 3.63) is 0 Å². The molecule has 1 aliphatic rings. The van der Waals surface area contributed by atoms with E-state index in [1.807, 2.05) is 0 Å². The lowest BCUT2D eigenvalue weighted by Gasteiger charge is -2.45. The summed E-state index contributed by atoms with van der Waals surface area (Å²) in [6, 6.07) is -1.36. The van der Waals surface area contributed by atoms with E-state index >= 15 is 0 Å². The number of rotatable bonds is 10. The molecule has 0 aromatic carbocycles. The Morgan fingerprint density at radius 1 is 1.00 bits per heavy atom. The zero-order valence-corrected chi connectivity index (χ0v) is 22.8. The lowest BCUT2D eigenvalue weighted by atomic mass is 9.75. The highest BCUT2D eigenvalue weighted by molar-refractivity contribution is 6.40. The van der Waals surface area contributed by atoms with Crippen LogP contribution in [0.25, 0.3) is 0 Å². The molecular weight excluding hydrogens is 505 g/mol. The number of carbonyl (C=O) groups is 5. The zero-order valence-electron chi connectivity index (χ0n) is 22.8. The summed E-state index contributed by atoms with van der Waals surface area (Å²) in [5.74, 6) is -4.03. The molecule has 0 bridgehead atoms. The van der Waals surface area contributed by atoms with E-state index < -0.39 is 78.8 Å². The summed E-state index contributed by atoms with van der Waals surface area (Å²) in [6.07, 6.45) is -2.92. The fourth-order valence-corrected chi connectivity index (χ4v) is 4.06. The Morgan fingerprint density at radius 2 is 1.55 bits per heavy atom. The standard InChI is InChI=1S/C23H40BN3O11/c1-21(2,3)37-19(33)25-15(7-8-16(28)29)17(30)27-12-14(9-10-24(35)36)11-23(13-27,18(31)32)26-20(34)38-22(4,5)6/h14-15,35-36H,7-13H2,1-6H3,(H,25,33)(H,26,34)(H,28,29)(H,31,32)/t14-,15?,23+/m0/s1. The first-order chi connectivity index (χ1) is 17.2. The summed E-state index contributed by atoms with van der Waals surface area (Å²) < 4.78 is 10.4. The molecule has 6 N–H and O–H groups in total. The molecule has 1 rings (SSSR count). The van der Waals surface area contributed by atoms with Gasteiger partial charge in [-0.25, -0.2) is 14.4 Å². The van der Waals surface area contributed by atoms with Gasteiger partial charge in [0.1, 0.15) is 17.2 Å². The highest BCUT2D eigenvalue weighted by Crippen LogP contribution is 2.31. The lowest BCUT2D eigenvalue weighted by molar-refractivity contribution is -0.152. The number of hydrogen-bond acceptors (Lipinski definition) is 9. The Bertz CT molecular complexity index is 885. The number of carboxylic acids is 2. The lowest BCUT2D eigenvalue weighted by Crippen LogP contribution is -2.67. The van der Waals surface area contributed by atoms with Gasteiger partial charge in [-0.1, -0.05) is 6.42 Å². The fraction of sp³-hybridized carbons (Fsp3) is 0.783. The van der Waals surface area contributed by atoms with Gasteiger partial charge in [-0.2, -0.15) is 0 Å². The summed E-state index contributed by atoms with van der Waals surface area (Å²) in [5.41, 5.74) is -3.83. The van der Waals surface area contributed by atoms with Crippen molar-refractivity contribution in [3.8, 4) is 0 Å². The Morgan fingerprint density at radius 3 is 2.03 bits per heavy atom. The molecule has 15 heteroatoms. The third-order valence-corrected chi connectivity index (χ3v) is 5.51. The molecule has 3 amide bonds. The van der Waals surface area contributed by atoms with Gasteiger partial charge in [-0.3, -0.25) is 9.59 Å². The number of carbonyl (C=O) groups excluding carboxylic acids is 3. The van der Waals surface area contributed by atoms with E-state index in [1.54, 1.807) is 41.5 Å². The maximum Gasteiger partial charge on any atom is 0.451 e. The minimum Gasteiger partial charge on any atom is -0.481 e. The van der Waals surface area contributed by atoms with Crippen molar-refractivity contribution in [2.75, 3.05) is 13.1 Å². The molecule has 1 heterocycles. The van der Waals surface area contributed by atoms with Crippen molar-refractivity contribution >= 4 is 37.2 Å². The molecule has 216 valence electrons. The molecule has 14 nitrogen and oxygen atoms in total. The predicted octanol–water partition coefficient (Wildman–Crippen LogP) is 0.804. The SMILES string of the molecule is CC(C)(C)OC(=O)NC(CCC(=O)O)C(=O)N1C[C@@H](CCB(O)O)C[C@](NC(=O)OC(C)(C)C)(C(=O)O)C1. The number of piperidine rings is 1. The molecule has 0 radical (unpaired) electrons. The Hall–Kier alpha value is -3.07. The number of amides is 3. The highest BCUT2D eigenvalue weighted by Gasteiger charge is 2.49. The van der Waals surface area contributed by atoms with Crippen molar-refractivity contribution in [3.63, 3.8) is 0 Å². The van der Waals surface area contributed by atoms with Gasteiger partial charge in [0.2, 0.25) is 5.91 Å². The molecule has 3 atom stereocenters. The Labute approximate surface area is 222 Å². The van der Waals surface area contributed by atoms with E-state index in [0.29, 0.717) is 0 Å². The third-order valence-electron chi connectivity index (χ3n) is 5.51. The average molecular weight is 545 g/mol. The molecule has 1 aliphatic heterocycles. The molecule has 38 heavy (non-hydrogen) atoms. The van der Waals surface area contributed by atoms with Crippen LogP contribution in [-0.4, -0.2) is 98.2 Å². The van der Waals surface area contributed by atoms with E-state index in [1.165, 1.54) is 0 Å². The first kappa shape index (κ1) is 33.0. The van der Waals surface area contributed by atoms with Crippen LogP contribution in [0.15, 0.2) is 0 Å². The van der Waals surface area contributed by atoms with Crippen LogP contribution in [0.2, 0.25) is 6.32 Å². The van der Waals surface area contributed by atoms with Crippen LogP contribution in [-0.2, 0) is 23.9 Å². The van der Waals surface area contributed by atoms with Crippen molar-refractivity contribution in [2.24, 2.45) is 5.92 Å². The molecule has 1 saturated heterocycles. The largest absolute Gasteiger partial charge is 0.481 e. The van der Waals surface area contributed by atoms with Crippen molar-refractivity contribution in [1.82, 2.24) is 15.5 Å². The van der Waals surface area contributed by atoms with Gasteiger partial charge in [0.25, 0.3) is 0 Å². The molecular formula is C23H40BN3O11. The van der Waals surface area contributed by atoms with Gasteiger partial charge in [0.05, 0.1) is 6.54 Å². The van der Waals surface area contributed by atoms with E-state index in [2.05, 4.69) is 10.6 Å². The maximum absolute atomic E-state index is 13.5. The summed E-state index contributed by atoms with van der Waals surface area (Å²) in [4.78, 5) is 63.3. The van der Waals surface area contributed by atoms with Crippen LogP contribution in [0.3, 0.4) is 0 Å². The quantitative estimate of drug-likeness (QED) is 0.211. The molecule has 0 aliphatic carbocycles. The zero-order chi connectivity index (χ0) is 29.5. The van der Waals surface area contributed by atoms with Crippen LogP contribution < -0.4 is 10.6 Å². The maximum atomic E-state index is 13.5. The van der Waals surface area contributed by atoms with E-state index in [4.69, 9.17) is 14.6 Å². The molecule has 0 aromatic rings. The predicted molar refractivity (Wildman–Crippen MR) is 134 cm³/mol. The Balaban J connectivity index is 3.33. The number of nitrogens with one attached hydrogen (secondary N) is 2. The van der Waals surface area contributed by atoms with Crippen LogP contribution >= 0.6 is 0 Å². The fourth-order valence-electron chi connectivity index (χ4n) is 4.06. The summed E-state index contributed by atoms with van der Waals surface area (Å²) >= 11 is 0. The topological polar surface area (TPSA) is 212 Å². The second-order valence-electron chi connectivity index (χ2n) is 11.5. The van der Waals surface area contributed by atoms with Gasteiger partial charge in [-0.15, -0.1) is 0 Å². The van der Waals surface area contributed by atoms with Gasteiger partial charge in [-0.05, 0) is 66.6 Å². The number of alkyl carbamates (subject to hydrolysis) is 2. The second-order valence-corrected chi connectivity index (χ2v) is 11.5. The average Bonchev–Trinajstić information content (AvgIpc) is 2.71. The molecule has 0 saturated carbocycles. The summed E-state index contributed by atoms with van der Waals surface area (Å²) in [7, 11) is -1.67. The van der Waals surface area contributed by atoms with Crippen molar-refractivity contribution in [2.45, 2.75) is 96.3 Å². The third kappa shape index (κ3) is 11.5. The first-order valence-electron chi connectivity index (χ1n) is 12.3. The highest BCUT2D eigenvalue weighted by atomic mass is 16.6. The number of hydrogen-bond donors (Lipinski definition) is 6. The van der Waals surface area contributed by atoms with Crippen LogP contribution in [0.1, 0.15) is 67.2 Å². The van der Waals surface area contributed by atoms with E-state index in [0.717, 1.165) is 4.90 Å². The van der Waals surface area contributed by atoms with Gasteiger partial charge < -0.3 is 45.3 Å². The van der Waals surface area contributed by atoms with E-state index in [9.17, 15) is 39.1 Å². The minimum absolute atomic E-state index is 0.0316. The van der Waals surface area contributed by atoms with Crippen molar-refractivity contribution < 1.29 is 53.7 Å².